The lowest BCUT2D eigenvalue weighted by molar-refractivity contribution is 0.150. The molecular weight excluding hydrogens is 306 g/mol. The average molecular weight is 328 g/mol. The Balaban J connectivity index is 1.82. The van der Waals surface area contributed by atoms with E-state index >= 15 is 0 Å². The molecule has 1 N–H and O–H groups in total. The number of hydrogen-bond acceptors (Lipinski definition) is 3. The van der Waals surface area contributed by atoms with Gasteiger partial charge in [-0.05, 0) is 30.2 Å². The lowest BCUT2D eigenvalue weighted by Gasteiger charge is -2.19. The van der Waals surface area contributed by atoms with E-state index in [4.69, 9.17) is 9.47 Å². The SMILES string of the molecule is CCCC(COC)NCC1Cc2cc(Br)ccc2O1. The van der Waals surface area contributed by atoms with E-state index in [9.17, 15) is 0 Å². The van der Waals surface area contributed by atoms with Gasteiger partial charge in [-0.15, -0.1) is 0 Å². The number of ether oxygens (including phenoxy) is 2. The van der Waals surface area contributed by atoms with Gasteiger partial charge in [-0.25, -0.2) is 0 Å². The van der Waals surface area contributed by atoms with Crippen LogP contribution in [0.3, 0.4) is 0 Å². The van der Waals surface area contributed by atoms with Crippen LogP contribution in [0.4, 0.5) is 0 Å². The minimum atomic E-state index is 0.237. The lowest BCUT2D eigenvalue weighted by Crippen LogP contribution is -2.39. The first kappa shape index (κ1) is 14.8. The molecule has 0 aliphatic carbocycles. The molecule has 3 nitrogen and oxygen atoms in total. The maximum absolute atomic E-state index is 5.94. The van der Waals surface area contributed by atoms with Crippen molar-refractivity contribution < 1.29 is 9.47 Å². The highest BCUT2D eigenvalue weighted by molar-refractivity contribution is 9.10. The van der Waals surface area contributed by atoms with Gasteiger partial charge in [0.15, 0.2) is 0 Å². The first-order valence-corrected chi connectivity index (χ1v) is 7.69. The van der Waals surface area contributed by atoms with Crippen molar-refractivity contribution in [1.29, 1.82) is 0 Å². The Morgan fingerprint density at radius 2 is 2.37 bits per heavy atom. The Kier molecular flexibility index (Phi) is 5.67. The Hall–Kier alpha value is -0.580. The van der Waals surface area contributed by atoms with Crippen LogP contribution < -0.4 is 10.1 Å². The Morgan fingerprint density at radius 1 is 1.53 bits per heavy atom. The standard InChI is InChI=1S/C15H22BrNO2/c1-3-4-13(10-18-2)17-9-14-8-11-7-12(16)5-6-15(11)19-14/h5-7,13-14,17H,3-4,8-10H2,1-2H3. The molecular formula is C15H22BrNO2. The number of methoxy groups -OCH3 is 1. The van der Waals surface area contributed by atoms with Crippen LogP contribution in [0.1, 0.15) is 25.3 Å². The fourth-order valence-electron chi connectivity index (χ4n) is 2.49. The molecule has 2 unspecified atom stereocenters. The molecule has 0 saturated heterocycles. The fourth-order valence-corrected chi connectivity index (χ4v) is 2.90. The quantitative estimate of drug-likeness (QED) is 0.834. The van der Waals surface area contributed by atoms with E-state index in [0.717, 1.165) is 36.2 Å². The monoisotopic (exact) mass is 327 g/mol. The van der Waals surface area contributed by atoms with Crippen LogP contribution in [0.2, 0.25) is 0 Å². The highest BCUT2D eigenvalue weighted by Crippen LogP contribution is 2.30. The molecule has 0 spiro atoms. The molecule has 0 amide bonds. The van der Waals surface area contributed by atoms with Crippen LogP contribution in [0.5, 0.6) is 5.75 Å². The molecule has 0 fully saturated rings. The van der Waals surface area contributed by atoms with Crippen molar-refractivity contribution in [3.63, 3.8) is 0 Å². The van der Waals surface area contributed by atoms with Gasteiger partial charge in [0.05, 0.1) is 6.61 Å². The van der Waals surface area contributed by atoms with Crippen molar-refractivity contribution in [1.82, 2.24) is 5.32 Å². The molecule has 1 aromatic rings. The average Bonchev–Trinajstić information content (AvgIpc) is 2.78. The molecule has 4 heteroatoms. The van der Waals surface area contributed by atoms with Crippen molar-refractivity contribution in [3.8, 4) is 5.75 Å². The topological polar surface area (TPSA) is 30.5 Å². The van der Waals surface area contributed by atoms with Gasteiger partial charge in [0, 0.05) is 30.6 Å². The minimum Gasteiger partial charge on any atom is -0.488 e. The van der Waals surface area contributed by atoms with Crippen LogP contribution in [0, 0.1) is 0 Å². The van der Waals surface area contributed by atoms with E-state index < -0.39 is 0 Å². The normalized spacial score (nSPS) is 19.0. The third-order valence-corrected chi connectivity index (χ3v) is 3.90. The van der Waals surface area contributed by atoms with Gasteiger partial charge in [0.25, 0.3) is 0 Å². The molecule has 19 heavy (non-hydrogen) atoms. The summed E-state index contributed by atoms with van der Waals surface area (Å²) in [6.07, 6.45) is 3.52. The number of nitrogens with one attached hydrogen (secondary N) is 1. The van der Waals surface area contributed by atoms with Crippen molar-refractivity contribution in [3.05, 3.63) is 28.2 Å². The van der Waals surface area contributed by atoms with Crippen LogP contribution in [-0.4, -0.2) is 32.4 Å². The Bertz CT molecular complexity index is 405. The number of rotatable bonds is 7. The molecule has 1 aliphatic heterocycles. The smallest absolute Gasteiger partial charge is 0.123 e. The maximum Gasteiger partial charge on any atom is 0.123 e. The third-order valence-electron chi connectivity index (χ3n) is 3.40. The van der Waals surface area contributed by atoms with Crippen LogP contribution in [0.25, 0.3) is 0 Å². The molecule has 106 valence electrons. The second-order valence-electron chi connectivity index (χ2n) is 5.05. The Labute approximate surface area is 123 Å². The zero-order chi connectivity index (χ0) is 13.7. The predicted octanol–water partition coefficient (Wildman–Crippen LogP) is 3.16. The molecule has 0 aromatic heterocycles. The second kappa shape index (κ2) is 7.27. The number of hydrogen-bond donors (Lipinski definition) is 1. The summed E-state index contributed by atoms with van der Waals surface area (Å²) in [5.41, 5.74) is 1.29. The second-order valence-corrected chi connectivity index (χ2v) is 5.96. The van der Waals surface area contributed by atoms with E-state index in [-0.39, 0.29) is 6.10 Å². The molecule has 2 rings (SSSR count). The molecule has 2 atom stereocenters. The summed E-state index contributed by atoms with van der Waals surface area (Å²) in [5.74, 6) is 1.02. The van der Waals surface area contributed by atoms with E-state index in [1.807, 2.05) is 12.1 Å². The predicted molar refractivity (Wildman–Crippen MR) is 80.8 cm³/mol. The lowest BCUT2D eigenvalue weighted by atomic mass is 10.1. The van der Waals surface area contributed by atoms with Gasteiger partial charge in [0.1, 0.15) is 11.9 Å². The summed E-state index contributed by atoms with van der Waals surface area (Å²) >= 11 is 3.50. The van der Waals surface area contributed by atoms with E-state index in [0.29, 0.717) is 6.04 Å². The zero-order valence-electron chi connectivity index (χ0n) is 11.6. The summed E-state index contributed by atoms with van der Waals surface area (Å²) in [7, 11) is 1.75. The van der Waals surface area contributed by atoms with Gasteiger partial charge in [-0.1, -0.05) is 29.3 Å². The summed E-state index contributed by atoms with van der Waals surface area (Å²) in [4.78, 5) is 0. The van der Waals surface area contributed by atoms with Gasteiger partial charge in [0.2, 0.25) is 0 Å². The largest absolute Gasteiger partial charge is 0.488 e. The molecule has 0 radical (unpaired) electrons. The first-order valence-electron chi connectivity index (χ1n) is 6.90. The highest BCUT2D eigenvalue weighted by Gasteiger charge is 2.23. The van der Waals surface area contributed by atoms with Crippen LogP contribution >= 0.6 is 15.9 Å². The van der Waals surface area contributed by atoms with Crippen molar-refractivity contribution in [2.45, 2.75) is 38.3 Å². The summed E-state index contributed by atoms with van der Waals surface area (Å²) < 4.78 is 12.3. The minimum absolute atomic E-state index is 0.237. The molecule has 1 heterocycles. The van der Waals surface area contributed by atoms with E-state index in [2.05, 4.69) is 34.2 Å². The maximum atomic E-state index is 5.94. The van der Waals surface area contributed by atoms with Crippen LogP contribution in [-0.2, 0) is 11.2 Å². The first-order chi connectivity index (χ1) is 9.22. The number of halogens is 1. The Morgan fingerprint density at radius 3 is 3.11 bits per heavy atom. The van der Waals surface area contributed by atoms with Gasteiger partial charge < -0.3 is 14.8 Å². The van der Waals surface area contributed by atoms with Gasteiger partial charge in [-0.2, -0.15) is 0 Å². The number of benzene rings is 1. The fraction of sp³-hybridized carbons (Fsp3) is 0.600. The summed E-state index contributed by atoms with van der Waals surface area (Å²) in [6.45, 7) is 3.84. The van der Waals surface area contributed by atoms with Gasteiger partial charge in [-0.3, -0.25) is 0 Å². The molecule has 1 aromatic carbocycles. The van der Waals surface area contributed by atoms with E-state index in [1.54, 1.807) is 7.11 Å². The van der Waals surface area contributed by atoms with Crippen LogP contribution in [0.15, 0.2) is 22.7 Å². The van der Waals surface area contributed by atoms with Gasteiger partial charge >= 0.3 is 0 Å². The third kappa shape index (κ3) is 4.20. The van der Waals surface area contributed by atoms with Crippen molar-refractivity contribution in [2.75, 3.05) is 20.3 Å². The molecule has 0 saturated carbocycles. The number of fused-ring (bicyclic) bond motifs is 1. The molecule has 0 bridgehead atoms. The molecule has 1 aliphatic rings. The zero-order valence-corrected chi connectivity index (χ0v) is 13.2. The van der Waals surface area contributed by atoms with Crippen molar-refractivity contribution in [2.24, 2.45) is 0 Å². The highest BCUT2D eigenvalue weighted by atomic mass is 79.9. The summed E-state index contributed by atoms with van der Waals surface area (Å²) in [5, 5.41) is 3.55. The summed E-state index contributed by atoms with van der Waals surface area (Å²) in [6, 6.07) is 6.64. The van der Waals surface area contributed by atoms with E-state index in [1.165, 1.54) is 12.0 Å². The van der Waals surface area contributed by atoms with Crippen molar-refractivity contribution >= 4 is 15.9 Å².